The van der Waals surface area contributed by atoms with Crippen LogP contribution in [0.1, 0.15) is 73.8 Å². The van der Waals surface area contributed by atoms with Gasteiger partial charge < -0.3 is 24.8 Å². The third-order valence-electron chi connectivity index (χ3n) is 9.14. The Kier molecular flexibility index (Phi) is 7.26. The van der Waals surface area contributed by atoms with Crippen molar-refractivity contribution in [2.45, 2.75) is 82.8 Å². The standard InChI is InChI=1S/C25H33N5O.C5H11N/c1-16-5-3-6-17-7-4-8-22(23(16)17)29-12-11-20-21(15-29)27-25(31-2)28-24(20)30-13-18-9-10-19(14-30)26-18;1-6-4-2-3-5-6/h4,7-8,16,18-19,26H,3,5-6,9-15H2,1-2H3;2-5H2,1H3/t16?,18-,19?;/m0./s1. The number of methoxy groups -OCH3 is 1. The van der Waals surface area contributed by atoms with Crippen molar-refractivity contribution in [3.63, 3.8) is 0 Å². The molecule has 1 N–H and O–H groups in total. The molecule has 3 saturated heterocycles. The lowest BCUT2D eigenvalue weighted by molar-refractivity contribution is 0.374. The van der Waals surface area contributed by atoms with Gasteiger partial charge in [0.15, 0.2) is 0 Å². The Labute approximate surface area is 222 Å². The van der Waals surface area contributed by atoms with Crippen molar-refractivity contribution < 1.29 is 4.74 Å². The van der Waals surface area contributed by atoms with Gasteiger partial charge in [-0.15, -0.1) is 0 Å². The quantitative estimate of drug-likeness (QED) is 0.674. The van der Waals surface area contributed by atoms with Gasteiger partial charge in [-0.2, -0.15) is 9.97 Å². The topological polar surface area (TPSA) is 56.8 Å². The molecule has 200 valence electrons. The average Bonchev–Trinajstić information content (AvgIpc) is 3.54. The zero-order valence-electron chi connectivity index (χ0n) is 23.0. The van der Waals surface area contributed by atoms with Crippen LogP contribution in [0.3, 0.4) is 0 Å². The summed E-state index contributed by atoms with van der Waals surface area (Å²) in [5.41, 5.74) is 6.99. The van der Waals surface area contributed by atoms with Crippen LogP contribution >= 0.6 is 0 Å². The van der Waals surface area contributed by atoms with Crippen LogP contribution in [0, 0.1) is 0 Å². The highest BCUT2D eigenvalue weighted by molar-refractivity contribution is 5.62. The van der Waals surface area contributed by atoms with Gasteiger partial charge in [0.2, 0.25) is 0 Å². The Bertz CT molecular complexity index is 1090. The highest BCUT2D eigenvalue weighted by atomic mass is 16.5. The second-order valence-electron chi connectivity index (χ2n) is 11.8. The number of aryl methyl sites for hydroxylation is 1. The fraction of sp³-hybridized carbons (Fsp3) is 0.667. The highest BCUT2D eigenvalue weighted by Crippen LogP contribution is 2.40. The lowest BCUT2D eigenvalue weighted by Gasteiger charge is -2.38. The van der Waals surface area contributed by atoms with Crippen molar-refractivity contribution in [3.8, 4) is 6.01 Å². The Morgan fingerprint density at radius 3 is 2.41 bits per heavy atom. The van der Waals surface area contributed by atoms with Crippen LogP contribution in [0.15, 0.2) is 18.2 Å². The predicted octanol–water partition coefficient (Wildman–Crippen LogP) is 4.14. The van der Waals surface area contributed by atoms with Gasteiger partial charge in [-0.1, -0.05) is 19.1 Å². The van der Waals surface area contributed by atoms with Crippen LogP contribution in [-0.4, -0.2) is 73.8 Å². The summed E-state index contributed by atoms with van der Waals surface area (Å²) in [6.45, 7) is 8.97. The Balaban J connectivity index is 0.000000372. The molecule has 0 radical (unpaired) electrons. The molecule has 5 heterocycles. The van der Waals surface area contributed by atoms with Crippen LogP contribution in [0.4, 0.5) is 11.5 Å². The second-order valence-corrected chi connectivity index (χ2v) is 11.8. The van der Waals surface area contributed by atoms with Crippen molar-refractivity contribution in [3.05, 3.63) is 40.6 Å². The number of hydrogen-bond acceptors (Lipinski definition) is 7. The molecule has 7 rings (SSSR count). The van der Waals surface area contributed by atoms with Gasteiger partial charge in [-0.05, 0) is 94.6 Å². The summed E-state index contributed by atoms with van der Waals surface area (Å²) >= 11 is 0. The molecule has 1 aliphatic carbocycles. The molecule has 5 aliphatic rings. The van der Waals surface area contributed by atoms with Gasteiger partial charge in [-0.25, -0.2) is 0 Å². The van der Waals surface area contributed by atoms with Gasteiger partial charge in [0.05, 0.1) is 19.3 Å². The number of likely N-dealkylation sites (tertiary alicyclic amines) is 1. The molecule has 0 amide bonds. The smallest absolute Gasteiger partial charge is 0.318 e. The molecule has 1 aromatic heterocycles. The van der Waals surface area contributed by atoms with E-state index in [0.29, 0.717) is 24.0 Å². The fourth-order valence-corrected chi connectivity index (χ4v) is 7.20. The van der Waals surface area contributed by atoms with Crippen molar-refractivity contribution in [2.75, 3.05) is 56.7 Å². The Hall–Kier alpha value is -2.38. The molecule has 37 heavy (non-hydrogen) atoms. The number of piperazine rings is 1. The zero-order valence-corrected chi connectivity index (χ0v) is 23.0. The first-order valence-electron chi connectivity index (χ1n) is 14.6. The number of anilines is 2. The summed E-state index contributed by atoms with van der Waals surface area (Å²) in [5.74, 6) is 1.75. The van der Waals surface area contributed by atoms with Crippen LogP contribution in [0.25, 0.3) is 0 Å². The number of rotatable bonds is 3. The molecule has 2 unspecified atom stereocenters. The largest absolute Gasteiger partial charge is 0.467 e. The van der Waals surface area contributed by atoms with Crippen LogP contribution in [-0.2, 0) is 19.4 Å². The molecule has 0 spiro atoms. The summed E-state index contributed by atoms with van der Waals surface area (Å²) in [5, 5.41) is 3.74. The SMILES string of the molecule is CN1CCCC1.COc1nc2c(c(N3CC4CC[C@@H](C3)N4)n1)CCN(c1cccc3c1C(C)CCC3)C2. The molecule has 0 saturated carbocycles. The van der Waals surface area contributed by atoms with Crippen LogP contribution < -0.4 is 19.9 Å². The van der Waals surface area contributed by atoms with E-state index in [0.717, 1.165) is 44.1 Å². The fourth-order valence-electron chi connectivity index (χ4n) is 7.20. The molecule has 2 bridgehead atoms. The van der Waals surface area contributed by atoms with E-state index < -0.39 is 0 Å². The monoisotopic (exact) mass is 504 g/mol. The van der Waals surface area contributed by atoms with E-state index in [4.69, 9.17) is 14.7 Å². The molecular weight excluding hydrogens is 460 g/mol. The molecule has 7 nitrogen and oxygen atoms in total. The van der Waals surface area contributed by atoms with Crippen LogP contribution in [0.2, 0.25) is 0 Å². The summed E-state index contributed by atoms with van der Waals surface area (Å²) < 4.78 is 5.55. The summed E-state index contributed by atoms with van der Waals surface area (Å²) in [6.07, 6.45) is 10.2. The molecular formula is C30H44N6O. The number of nitrogens with one attached hydrogen (secondary N) is 1. The lowest BCUT2D eigenvalue weighted by Crippen LogP contribution is -2.52. The molecule has 4 aliphatic heterocycles. The van der Waals surface area contributed by atoms with E-state index in [9.17, 15) is 0 Å². The number of ether oxygens (including phenoxy) is 1. The minimum atomic E-state index is 0.505. The normalized spacial score (nSPS) is 26.8. The first-order chi connectivity index (χ1) is 18.1. The molecule has 2 aromatic rings. The molecule has 7 heteroatoms. The second kappa shape index (κ2) is 10.8. The van der Waals surface area contributed by atoms with Gasteiger partial charge in [0.25, 0.3) is 0 Å². The van der Waals surface area contributed by atoms with E-state index in [2.05, 4.69) is 52.2 Å². The maximum Gasteiger partial charge on any atom is 0.318 e. The average molecular weight is 505 g/mol. The van der Waals surface area contributed by atoms with Crippen molar-refractivity contribution in [1.82, 2.24) is 20.2 Å². The predicted molar refractivity (Wildman–Crippen MR) is 150 cm³/mol. The van der Waals surface area contributed by atoms with Crippen LogP contribution in [0.5, 0.6) is 6.01 Å². The van der Waals surface area contributed by atoms with E-state index in [1.807, 2.05) is 0 Å². The zero-order chi connectivity index (χ0) is 25.4. The molecule has 1 aromatic carbocycles. The maximum atomic E-state index is 5.55. The van der Waals surface area contributed by atoms with Gasteiger partial charge in [0.1, 0.15) is 5.82 Å². The summed E-state index contributed by atoms with van der Waals surface area (Å²) in [4.78, 5) is 17.1. The summed E-state index contributed by atoms with van der Waals surface area (Å²) in [6, 6.07) is 8.57. The van der Waals surface area contributed by atoms with Gasteiger partial charge >= 0.3 is 6.01 Å². The number of benzene rings is 1. The minimum absolute atomic E-state index is 0.505. The van der Waals surface area contributed by atoms with Crippen molar-refractivity contribution in [2.24, 2.45) is 0 Å². The third-order valence-corrected chi connectivity index (χ3v) is 9.14. The Morgan fingerprint density at radius 2 is 1.70 bits per heavy atom. The summed E-state index contributed by atoms with van der Waals surface area (Å²) in [7, 11) is 3.86. The van der Waals surface area contributed by atoms with E-state index in [-0.39, 0.29) is 0 Å². The molecule has 3 fully saturated rings. The number of nitrogens with zero attached hydrogens (tertiary/aromatic N) is 5. The first-order valence-corrected chi connectivity index (χ1v) is 14.6. The number of hydrogen-bond donors (Lipinski definition) is 1. The highest BCUT2D eigenvalue weighted by Gasteiger charge is 2.35. The van der Waals surface area contributed by atoms with Gasteiger partial charge in [-0.3, -0.25) is 0 Å². The van der Waals surface area contributed by atoms with E-state index in [1.165, 1.54) is 69.3 Å². The molecule has 3 atom stereocenters. The third kappa shape index (κ3) is 5.17. The van der Waals surface area contributed by atoms with E-state index in [1.54, 1.807) is 18.2 Å². The maximum absolute atomic E-state index is 5.55. The Morgan fingerprint density at radius 1 is 0.919 bits per heavy atom. The minimum Gasteiger partial charge on any atom is -0.467 e. The van der Waals surface area contributed by atoms with Crippen molar-refractivity contribution in [1.29, 1.82) is 0 Å². The first kappa shape index (κ1) is 24.9. The number of fused-ring (bicyclic) bond motifs is 4. The number of aromatic nitrogens is 2. The van der Waals surface area contributed by atoms with Crippen molar-refractivity contribution >= 4 is 11.5 Å². The van der Waals surface area contributed by atoms with E-state index >= 15 is 0 Å². The lowest BCUT2D eigenvalue weighted by atomic mass is 9.82. The van der Waals surface area contributed by atoms with Gasteiger partial charge in [0, 0.05) is 43.0 Å².